The quantitative estimate of drug-likeness (QED) is 0.306. The van der Waals surface area contributed by atoms with Gasteiger partial charge in [-0.2, -0.15) is 9.98 Å². The van der Waals surface area contributed by atoms with Crippen molar-refractivity contribution in [1.29, 1.82) is 0 Å². The molecular formula is C22H25F3N6O3. The second kappa shape index (κ2) is 12.3. The lowest BCUT2D eigenvalue weighted by Crippen LogP contribution is -2.23. The van der Waals surface area contributed by atoms with Crippen molar-refractivity contribution in [2.24, 2.45) is 15.7 Å². The molecule has 0 atom stereocenters. The highest BCUT2D eigenvalue weighted by atomic mass is 19.4. The van der Waals surface area contributed by atoms with Crippen LogP contribution in [0.25, 0.3) is 0 Å². The SMILES string of the molecule is CN=C(/C=C\C(N)=NC(=O)Cc1cccc(OC(F)(F)F)c1)CCCCn1ccc(N)nc1=O. The first-order valence-corrected chi connectivity index (χ1v) is 10.2. The summed E-state index contributed by atoms with van der Waals surface area (Å²) >= 11 is 0. The van der Waals surface area contributed by atoms with Gasteiger partial charge in [-0.25, -0.2) is 4.79 Å². The fraction of sp³-hybridized carbons (Fsp3) is 0.318. The molecular weight excluding hydrogens is 453 g/mol. The number of nitrogen functional groups attached to an aromatic ring is 1. The number of allylic oxidation sites excluding steroid dienone is 1. The van der Waals surface area contributed by atoms with E-state index in [2.05, 4.69) is 19.7 Å². The van der Waals surface area contributed by atoms with Crippen LogP contribution >= 0.6 is 0 Å². The first-order chi connectivity index (χ1) is 16.1. The van der Waals surface area contributed by atoms with E-state index in [0.717, 1.165) is 18.6 Å². The molecule has 0 spiro atoms. The topological polar surface area (TPSA) is 138 Å². The fourth-order valence-corrected chi connectivity index (χ4v) is 2.90. The molecule has 0 aliphatic rings. The summed E-state index contributed by atoms with van der Waals surface area (Å²) in [6.07, 6.45) is 1.64. The smallest absolute Gasteiger partial charge is 0.406 e. The van der Waals surface area contributed by atoms with Crippen molar-refractivity contribution in [1.82, 2.24) is 9.55 Å². The number of carbonyl (C=O) groups is 1. The highest BCUT2D eigenvalue weighted by Crippen LogP contribution is 2.23. The van der Waals surface area contributed by atoms with E-state index < -0.39 is 23.7 Å². The molecule has 2 rings (SSSR count). The number of aliphatic imine (C=N–C) groups is 2. The molecule has 34 heavy (non-hydrogen) atoms. The van der Waals surface area contributed by atoms with Crippen LogP contribution in [0.1, 0.15) is 24.8 Å². The van der Waals surface area contributed by atoms with Gasteiger partial charge in [-0.05, 0) is 55.2 Å². The number of unbranched alkanes of at least 4 members (excludes halogenated alkanes) is 1. The minimum Gasteiger partial charge on any atom is -0.406 e. The van der Waals surface area contributed by atoms with E-state index in [4.69, 9.17) is 11.5 Å². The minimum atomic E-state index is -4.82. The molecule has 2 aromatic rings. The summed E-state index contributed by atoms with van der Waals surface area (Å²) in [4.78, 5) is 35.3. The summed E-state index contributed by atoms with van der Waals surface area (Å²) in [6.45, 7) is 0.486. The molecule has 1 heterocycles. The summed E-state index contributed by atoms with van der Waals surface area (Å²) in [5.74, 6) is -0.929. The number of ether oxygens (including phenoxy) is 1. The number of hydrogen-bond acceptors (Lipinski definition) is 6. The first-order valence-electron chi connectivity index (χ1n) is 10.2. The zero-order chi connectivity index (χ0) is 25.1. The van der Waals surface area contributed by atoms with E-state index in [1.807, 2.05) is 0 Å². The molecule has 0 aliphatic carbocycles. The lowest BCUT2D eigenvalue weighted by molar-refractivity contribution is -0.274. The Bertz CT molecular complexity index is 1140. The van der Waals surface area contributed by atoms with Crippen molar-refractivity contribution in [3.63, 3.8) is 0 Å². The van der Waals surface area contributed by atoms with Crippen LogP contribution in [0.15, 0.2) is 63.5 Å². The molecule has 1 aromatic carbocycles. The standard InChI is InChI=1S/C22H25F3N6O3/c1-28-16(6-2-3-11-31-12-10-19(27)30-21(31)33)8-9-18(26)29-20(32)14-15-5-4-7-17(13-15)34-22(23,24)25/h4-5,7-10,12-13H,2-3,6,11,14H2,1H3,(H2,26,29,32)(H2,27,30,33)/b9-8-,28-16?. The Morgan fingerprint density at radius 3 is 2.68 bits per heavy atom. The zero-order valence-electron chi connectivity index (χ0n) is 18.5. The van der Waals surface area contributed by atoms with E-state index in [1.54, 1.807) is 25.4 Å². The molecule has 4 N–H and O–H groups in total. The molecule has 0 saturated carbocycles. The van der Waals surface area contributed by atoms with Crippen LogP contribution < -0.4 is 21.9 Å². The van der Waals surface area contributed by atoms with Crippen molar-refractivity contribution in [3.05, 3.63) is 64.7 Å². The van der Waals surface area contributed by atoms with Crippen LogP contribution in [0, 0.1) is 0 Å². The van der Waals surface area contributed by atoms with Crippen LogP contribution in [0.4, 0.5) is 19.0 Å². The second-order valence-corrected chi connectivity index (χ2v) is 7.14. The Hall–Kier alpha value is -3.96. The largest absolute Gasteiger partial charge is 0.573 e. The van der Waals surface area contributed by atoms with Crippen LogP contribution in [0.3, 0.4) is 0 Å². The number of aryl methyl sites for hydroxylation is 1. The van der Waals surface area contributed by atoms with Gasteiger partial charge in [-0.3, -0.25) is 14.4 Å². The summed E-state index contributed by atoms with van der Waals surface area (Å²) < 4.78 is 42.3. The van der Waals surface area contributed by atoms with Gasteiger partial charge in [-0.15, -0.1) is 13.2 Å². The van der Waals surface area contributed by atoms with E-state index in [-0.39, 0.29) is 18.1 Å². The maximum atomic E-state index is 12.3. The van der Waals surface area contributed by atoms with Crippen LogP contribution in [0.5, 0.6) is 5.75 Å². The van der Waals surface area contributed by atoms with E-state index >= 15 is 0 Å². The highest BCUT2D eigenvalue weighted by molar-refractivity contribution is 6.05. The number of nitrogens with zero attached hydrogens (tertiary/aromatic N) is 4. The Kier molecular flexibility index (Phi) is 9.53. The number of hydrogen-bond donors (Lipinski definition) is 2. The van der Waals surface area contributed by atoms with E-state index in [1.165, 1.54) is 22.8 Å². The van der Waals surface area contributed by atoms with Gasteiger partial charge >= 0.3 is 12.1 Å². The minimum absolute atomic E-state index is 0.0617. The molecule has 182 valence electrons. The van der Waals surface area contributed by atoms with Gasteiger partial charge in [0.2, 0.25) is 0 Å². The van der Waals surface area contributed by atoms with Crippen molar-refractivity contribution in [2.75, 3.05) is 12.8 Å². The Morgan fingerprint density at radius 2 is 2.00 bits per heavy atom. The van der Waals surface area contributed by atoms with E-state index in [9.17, 15) is 22.8 Å². The van der Waals surface area contributed by atoms with Crippen molar-refractivity contribution < 1.29 is 22.7 Å². The van der Waals surface area contributed by atoms with Gasteiger partial charge in [0.05, 0.1) is 6.42 Å². The van der Waals surface area contributed by atoms with Crippen molar-refractivity contribution in [2.45, 2.75) is 38.6 Å². The molecule has 0 radical (unpaired) electrons. The van der Waals surface area contributed by atoms with Gasteiger partial charge in [0.1, 0.15) is 17.4 Å². The Labute approximate surface area is 193 Å². The number of halogens is 3. The Balaban J connectivity index is 1.84. The number of amides is 1. The summed E-state index contributed by atoms with van der Waals surface area (Å²) in [5.41, 5.74) is 11.8. The van der Waals surface area contributed by atoms with Crippen molar-refractivity contribution >= 4 is 23.3 Å². The third-order valence-corrected chi connectivity index (χ3v) is 4.45. The monoisotopic (exact) mass is 478 g/mol. The van der Waals surface area contributed by atoms with Gasteiger partial charge in [0.15, 0.2) is 0 Å². The average molecular weight is 478 g/mol. The third-order valence-electron chi connectivity index (χ3n) is 4.45. The lowest BCUT2D eigenvalue weighted by atomic mass is 10.1. The van der Waals surface area contributed by atoms with Gasteiger partial charge in [0, 0.05) is 25.5 Å². The van der Waals surface area contributed by atoms with E-state index in [0.29, 0.717) is 30.7 Å². The first kappa shape index (κ1) is 26.3. The second-order valence-electron chi connectivity index (χ2n) is 7.14. The normalized spacial score (nSPS) is 12.8. The molecule has 12 heteroatoms. The van der Waals surface area contributed by atoms with Crippen molar-refractivity contribution in [3.8, 4) is 5.75 Å². The maximum absolute atomic E-state index is 12.3. The Morgan fingerprint density at radius 1 is 1.24 bits per heavy atom. The fourth-order valence-electron chi connectivity index (χ4n) is 2.90. The number of anilines is 1. The summed E-state index contributed by atoms with van der Waals surface area (Å²) in [6, 6.07) is 6.64. The number of nitrogens with two attached hydrogens (primary N) is 2. The van der Waals surface area contributed by atoms with Gasteiger partial charge in [0.25, 0.3) is 5.91 Å². The number of alkyl halides is 3. The molecule has 0 fully saturated rings. The molecule has 0 bridgehead atoms. The van der Waals surface area contributed by atoms with Gasteiger partial charge < -0.3 is 16.2 Å². The number of amidine groups is 1. The summed E-state index contributed by atoms with van der Waals surface area (Å²) in [7, 11) is 1.61. The molecule has 0 unspecified atom stereocenters. The molecule has 0 aliphatic heterocycles. The van der Waals surface area contributed by atoms with Crippen LogP contribution in [-0.2, 0) is 17.8 Å². The number of carbonyl (C=O) groups excluding carboxylic acids is 1. The third kappa shape index (κ3) is 9.67. The molecule has 0 saturated heterocycles. The zero-order valence-corrected chi connectivity index (χ0v) is 18.5. The van der Waals surface area contributed by atoms with Crippen LogP contribution in [-0.4, -0.2) is 40.4 Å². The number of rotatable bonds is 10. The molecule has 9 nitrogen and oxygen atoms in total. The molecule has 1 aromatic heterocycles. The number of benzene rings is 1. The van der Waals surface area contributed by atoms with Crippen LogP contribution in [0.2, 0.25) is 0 Å². The lowest BCUT2D eigenvalue weighted by Gasteiger charge is -2.09. The maximum Gasteiger partial charge on any atom is 0.573 e. The predicted octanol–water partition coefficient (Wildman–Crippen LogP) is 2.65. The summed E-state index contributed by atoms with van der Waals surface area (Å²) in [5, 5.41) is 0. The highest BCUT2D eigenvalue weighted by Gasteiger charge is 2.31. The molecule has 1 amide bonds. The number of aromatic nitrogens is 2. The van der Waals surface area contributed by atoms with Gasteiger partial charge in [-0.1, -0.05) is 12.1 Å². The average Bonchev–Trinajstić information content (AvgIpc) is 2.73. The predicted molar refractivity (Wildman–Crippen MR) is 123 cm³/mol.